The van der Waals surface area contributed by atoms with Crippen molar-refractivity contribution in [1.82, 2.24) is 0 Å². The fraction of sp³-hybridized carbons (Fsp3) is 0.182. The highest BCUT2D eigenvalue weighted by Gasteiger charge is 2.37. The molecule has 40 heavy (non-hydrogen) atoms. The van der Waals surface area contributed by atoms with Gasteiger partial charge in [-0.25, -0.2) is 4.90 Å². The smallest absolute Gasteiger partial charge is 0.271 e. The first-order valence-corrected chi connectivity index (χ1v) is 12.8. The largest absolute Gasteiger partial charge is 0.466 e. The van der Waals surface area contributed by atoms with E-state index in [9.17, 15) is 14.9 Å². The minimum absolute atomic E-state index is 0.0665. The van der Waals surface area contributed by atoms with Gasteiger partial charge in [0.25, 0.3) is 11.8 Å². The van der Waals surface area contributed by atoms with Gasteiger partial charge in [0.2, 0.25) is 5.88 Å². The zero-order chi connectivity index (χ0) is 28.7. The molecule has 3 heterocycles. The highest BCUT2D eigenvalue weighted by molar-refractivity contribution is 6.26. The summed E-state index contributed by atoms with van der Waals surface area (Å²) in [6.07, 6.45) is 0. The Morgan fingerprint density at radius 3 is 1.52 bits per heavy atom. The van der Waals surface area contributed by atoms with E-state index in [2.05, 4.69) is 6.07 Å². The molecule has 5 rings (SSSR count). The maximum atomic E-state index is 14.1. The van der Waals surface area contributed by atoms with Crippen molar-refractivity contribution >= 4 is 17.7 Å². The molecule has 7 heteroatoms. The zero-order valence-electron chi connectivity index (χ0n) is 23.2. The summed E-state index contributed by atoms with van der Waals surface area (Å²) in [5.74, 6) is 0.600. The standard InChI is InChI=1S/C33H28N2O5/c1-18-7-11-24(12-8-18)29-28(17-34)33(40-30(29)25-13-9-19(2)10-14-25)35(31(36)26-15-20(3)38-22(26)5)32(37)27-16-21(4)39-23(27)6/h7-16H,1-6H3. The number of hydrogen-bond donors (Lipinski definition) is 0. The first-order valence-electron chi connectivity index (χ1n) is 12.8. The summed E-state index contributed by atoms with van der Waals surface area (Å²) >= 11 is 0. The minimum atomic E-state index is -0.672. The summed E-state index contributed by atoms with van der Waals surface area (Å²) in [7, 11) is 0. The lowest BCUT2D eigenvalue weighted by molar-refractivity contribution is 0.0890. The molecule has 0 fully saturated rings. The topological polar surface area (TPSA) is 101 Å². The molecule has 2 aromatic carbocycles. The van der Waals surface area contributed by atoms with E-state index in [1.54, 1.807) is 39.8 Å². The molecule has 0 saturated carbocycles. The normalized spacial score (nSPS) is 10.9. The fourth-order valence-electron chi connectivity index (χ4n) is 4.79. The number of nitriles is 1. The summed E-state index contributed by atoms with van der Waals surface area (Å²) in [4.78, 5) is 29.1. The number of aryl methyl sites for hydroxylation is 6. The van der Waals surface area contributed by atoms with Crippen LogP contribution in [0.15, 0.2) is 73.9 Å². The van der Waals surface area contributed by atoms with Crippen molar-refractivity contribution in [2.24, 2.45) is 0 Å². The molecular weight excluding hydrogens is 504 g/mol. The van der Waals surface area contributed by atoms with Crippen LogP contribution >= 0.6 is 0 Å². The monoisotopic (exact) mass is 532 g/mol. The Bertz CT molecular complexity index is 1730. The minimum Gasteiger partial charge on any atom is -0.466 e. The Morgan fingerprint density at radius 1 is 0.675 bits per heavy atom. The molecule has 0 aliphatic heterocycles. The summed E-state index contributed by atoms with van der Waals surface area (Å²) in [6, 6.07) is 20.7. The van der Waals surface area contributed by atoms with E-state index < -0.39 is 11.8 Å². The number of nitrogens with zero attached hydrogens (tertiary/aromatic N) is 2. The molecule has 7 nitrogen and oxygen atoms in total. The van der Waals surface area contributed by atoms with Crippen LogP contribution < -0.4 is 4.90 Å². The average Bonchev–Trinajstić information content (AvgIpc) is 3.58. The third-order valence-electron chi connectivity index (χ3n) is 6.81. The molecule has 200 valence electrons. The Balaban J connectivity index is 1.81. The number of imide groups is 1. The van der Waals surface area contributed by atoms with Crippen LogP contribution in [0, 0.1) is 52.9 Å². The lowest BCUT2D eigenvalue weighted by Gasteiger charge is -2.18. The van der Waals surface area contributed by atoms with Gasteiger partial charge in [-0.3, -0.25) is 9.59 Å². The number of hydrogen-bond acceptors (Lipinski definition) is 6. The highest BCUT2D eigenvalue weighted by atomic mass is 16.4. The number of benzene rings is 2. The molecule has 0 unspecified atom stereocenters. The maximum Gasteiger partial charge on any atom is 0.271 e. The first kappa shape index (κ1) is 26.5. The van der Waals surface area contributed by atoms with E-state index in [-0.39, 0.29) is 22.6 Å². The molecule has 0 atom stereocenters. The van der Waals surface area contributed by atoms with E-state index in [1.807, 2.05) is 62.4 Å². The number of furan rings is 3. The van der Waals surface area contributed by atoms with Crippen molar-refractivity contribution in [2.45, 2.75) is 41.5 Å². The second-order valence-electron chi connectivity index (χ2n) is 9.93. The number of carbonyl (C=O) groups excluding carboxylic acids is 2. The summed E-state index contributed by atoms with van der Waals surface area (Å²) < 4.78 is 17.6. The van der Waals surface area contributed by atoms with E-state index in [0.29, 0.717) is 39.9 Å². The van der Waals surface area contributed by atoms with Crippen LogP contribution in [0.2, 0.25) is 0 Å². The van der Waals surface area contributed by atoms with Crippen molar-refractivity contribution in [3.63, 3.8) is 0 Å². The highest BCUT2D eigenvalue weighted by Crippen LogP contribution is 2.44. The van der Waals surface area contributed by atoms with Crippen molar-refractivity contribution in [3.8, 4) is 28.5 Å². The molecule has 0 bridgehead atoms. The molecule has 0 radical (unpaired) electrons. The quantitative estimate of drug-likeness (QED) is 0.213. The molecular formula is C33H28N2O5. The van der Waals surface area contributed by atoms with E-state index in [4.69, 9.17) is 13.3 Å². The Labute approximate surface area is 232 Å². The van der Waals surface area contributed by atoms with Crippen molar-refractivity contribution in [3.05, 3.63) is 112 Å². The lowest BCUT2D eigenvalue weighted by atomic mass is 9.97. The first-order chi connectivity index (χ1) is 19.1. The summed E-state index contributed by atoms with van der Waals surface area (Å²) in [5, 5.41) is 10.5. The van der Waals surface area contributed by atoms with Crippen LogP contribution in [0.4, 0.5) is 5.88 Å². The Morgan fingerprint density at radius 2 is 1.12 bits per heavy atom. The lowest BCUT2D eigenvalue weighted by Crippen LogP contribution is -2.37. The molecule has 0 aliphatic carbocycles. The van der Waals surface area contributed by atoms with Crippen LogP contribution in [-0.2, 0) is 0 Å². The van der Waals surface area contributed by atoms with E-state index >= 15 is 0 Å². The van der Waals surface area contributed by atoms with E-state index in [0.717, 1.165) is 21.6 Å². The van der Waals surface area contributed by atoms with Gasteiger partial charge in [0.05, 0.1) is 11.1 Å². The van der Waals surface area contributed by atoms with Gasteiger partial charge in [-0.15, -0.1) is 0 Å². The summed E-state index contributed by atoms with van der Waals surface area (Å²) in [6.45, 7) is 10.7. The molecule has 0 N–H and O–H groups in total. The molecule has 0 aliphatic rings. The van der Waals surface area contributed by atoms with Crippen LogP contribution in [-0.4, -0.2) is 11.8 Å². The number of carbonyl (C=O) groups is 2. The maximum absolute atomic E-state index is 14.1. The van der Waals surface area contributed by atoms with Gasteiger partial charge in [0.1, 0.15) is 40.4 Å². The predicted molar refractivity (Wildman–Crippen MR) is 151 cm³/mol. The summed E-state index contributed by atoms with van der Waals surface area (Å²) in [5.41, 5.74) is 4.47. The van der Waals surface area contributed by atoms with Crippen molar-refractivity contribution in [2.75, 3.05) is 4.90 Å². The van der Waals surface area contributed by atoms with Crippen LogP contribution in [0.1, 0.15) is 60.4 Å². The predicted octanol–water partition coefficient (Wildman–Crippen LogP) is 8.01. The Hall–Kier alpha value is -5.09. The average molecular weight is 533 g/mol. The van der Waals surface area contributed by atoms with Gasteiger partial charge < -0.3 is 13.3 Å². The number of rotatable bonds is 5. The number of amides is 2. The van der Waals surface area contributed by atoms with E-state index in [1.165, 1.54) is 0 Å². The zero-order valence-corrected chi connectivity index (χ0v) is 23.2. The van der Waals surface area contributed by atoms with Gasteiger partial charge in [-0.2, -0.15) is 5.26 Å². The van der Waals surface area contributed by atoms with Gasteiger partial charge in [-0.1, -0.05) is 59.7 Å². The molecule has 0 saturated heterocycles. The van der Waals surface area contributed by atoms with Gasteiger partial charge in [-0.05, 0) is 59.2 Å². The van der Waals surface area contributed by atoms with Crippen LogP contribution in [0.3, 0.4) is 0 Å². The molecule has 2 amide bonds. The van der Waals surface area contributed by atoms with Gasteiger partial charge in [0, 0.05) is 11.1 Å². The number of anilines is 1. The third-order valence-corrected chi connectivity index (χ3v) is 6.81. The second kappa shape index (κ2) is 10.2. The molecule has 0 spiro atoms. The fourth-order valence-corrected chi connectivity index (χ4v) is 4.79. The van der Waals surface area contributed by atoms with Crippen molar-refractivity contribution < 1.29 is 22.8 Å². The van der Waals surface area contributed by atoms with Crippen LogP contribution in [0.5, 0.6) is 0 Å². The SMILES string of the molecule is Cc1ccc(-c2oc(N(C(=O)c3cc(C)oc3C)C(=O)c3cc(C)oc3C)c(C#N)c2-c2ccc(C)cc2)cc1. The molecule has 5 aromatic rings. The van der Waals surface area contributed by atoms with Crippen LogP contribution in [0.25, 0.3) is 22.5 Å². The Kier molecular flexibility index (Phi) is 6.78. The van der Waals surface area contributed by atoms with Crippen molar-refractivity contribution in [1.29, 1.82) is 5.26 Å². The molecule has 3 aromatic heterocycles. The third kappa shape index (κ3) is 4.65. The van der Waals surface area contributed by atoms with Gasteiger partial charge >= 0.3 is 0 Å². The second-order valence-corrected chi connectivity index (χ2v) is 9.93. The van der Waals surface area contributed by atoms with Gasteiger partial charge in [0.15, 0.2) is 0 Å².